The highest BCUT2D eigenvalue weighted by atomic mass is 32.2. The molecule has 1 aliphatic rings. The number of aryl methyl sites for hydroxylation is 2. The quantitative estimate of drug-likeness (QED) is 0.611. The third kappa shape index (κ3) is 5.51. The summed E-state index contributed by atoms with van der Waals surface area (Å²) in [6.45, 7) is 6.49. The van der Waals surface area contributed by atoms with Gasteiger partial charge in [-0.1, -0.05) is 49.0 Å². The van der Waals surface area contributed by atoms with E-state index in [2.05, 4.69) is 16.7 Å². The smallest absolute Gasteiger partial charge is 0.234 e. The molecule has 3 rings (SSSR count). The number of thioether (sulfide) groups is 1. The van der Waals surface area contributed by atoms with Crippen LogP contribution in [0.25, 0.3) is 0 Å². The number of anilines is 1. The van der Waals surface area contributed by atoms with Crippen molar-refractivity contribution in [2.45, 2.75) is 39.5 Å². The molecule has 6 nitrogen and oxygen atoms in total. The highest BCUT2D eigenvalue weighted by molar-refractivity contribution is 8.03. The van der Waals surface area contributed by atoms with Crippen molar-refractivity contribution in [1.29, 1.82) is 5.26 Å². The Morgan fingerprint density at radius 1 is 1.25 bits per heavy atom. The van der Waals surface area contributed by atoms with Gasteiger partial charge in [0, 0.05) is 18.0 Å². The third-order valence-electron chi connectivity index (χ3n) is 5.30. The molecule has 0 bridgehead atoms. The summed E-state index contributed by atoms with van der Waals surface area (Å²) in [5, 5.41) is 16.0. The second kappa shape index (κ2) is 10.9. The Labute approximate surface area is 193 Å². The largest absolute Gasteiger partial charge is 0.494 e. The predicted molar refractivity (Wildman–Crippen MR) is 127 cm³/mol. The normalized spacial score (nSPS) is 15.7. The number of amides is 2. The van der Waals surface area contributed by atoms with Crippen molar-refractivity contribution < 1.29 is 14.3 Å². The van der Waals surface area contributed by atoms with Gasteiger partial charge in [0.15, 0.2) is 0 Å². The zero-order chi connectivity index (χ0) is 23.1. The van der Waals surface area contributed by atoms with E-state index in [1.165, 1.54) is 11.8 Å². The van der Waals surface area contributed by atoms with Gasteiger partial charge in [-0.25, -0.2) is 0 Å². The van der Waals surface area contributed by atoms with Crippen molar-refractivity contribution in [3.05, 3.63) is 69.8 Å². The van der Waals surface area contributed by atoms with Gasteiger partial charge in [0.1, 0.15) is 5.75 Å². The van der Waals surface area contributed by atoms with Crippen LogP contribution in [0.5, 0.6) is 5.75 Å². The zero-order valence-corrected chi connectivity index (χ0v) is 19.3. The lowest BCUT2D eigenvalue weighted by atomic mass is 9.87. The fourth-order valence-electron chi connectivity index (χ4n) is 3.70. The number of benzene rings is 2. The van der Waals surface area contributed by atoms with Crippen LogP contribution in [0.1, 0.15) is 42.9 Å². The van der Waals surface area contributed by atoms with Gasteiger partial charge < -0.3 is 15.4 Å². The van der Waals surface area contributed by atoms with Crippen molar-refractivity contribution in [3.63, 3.8) is 0 Å². The first kappa shape index (κ1) is 23.4. The van der Waals surface area contributed by atoms with Gasteiger partial charge in [0.05, 0.1) is 29.0 Å². The number of carbonyl (C=O) groups excluding carboxylic acids is 2. The molecular weight excluding hydrogens is 422 g/mol. The van der Waals surface area contributed by atoms with Crippen molar-refractivity contribution in [2.24, 2.45) is 0 Å². The molecule has 0 saturated heterocycles. The third-order valence-corrected chi connectivity index (χ3v) is 6.32. The fraction of sp³-hybridized carbons (Fsp3) is 0.320. The number of allylic oxidation sites excluding steroid dienone is 1. The Morgan fingerprint density at radius 3 is 2.66 bits per heavy atom. The second-order valence-corrected chi connectivity index (χ2v) is 8.45. The minimum atomic E-state index is -0.349. The second-order valence-electron chi connectivity index (χ2n) is 7.46. The minimum absolute atomic E-state index is 0.0915. The van der Waals surface area contributed by atoms with E-state index >= 15 is 0 Å². The lowest BCUT2D eigenvalue weighted by Gasteiger charge is -2.25. The van der Waals surface area contributed by atoms with Gasteiger partial charge in [-0.2, -0.15) is 5.26 Å². The average molecular weight is 450 g/mol. The average Bonchev–Trinajstić information content (AvgIpc) is 2.79. The van der Waals surface area contributed by atoms with Crippen molar-refractivity contribution >= 4 is 29.3 Å². The molecule has 0 saturated carbocycles. The maximum atomic E-state index is 12.6. The number of para-hydroxylation sites is 1. The molecule has 7 heteroatoms. The summed E-state index contributed by atoms with van der Waals surface area (Å²) in [6.07, 6.45) is 1.00. The van der Waals surface area contributed by atoms with Gasteiger partial charge in [-0.15, -0.1) is 0 Å². The summed E-state index contributed by atoms with van der Waals surface area (Å²) < 4.78 is 5.48. The molecule has 1 atom stereocenters. The topological polar surface area (TPSA) is 91.2 Å². The number of nitriles is 1. The van der Waals surface area contributed by atoms with Crippen LogP contribution in [-0.2, 0) is 16.0 Å². The van der Waals surface area contributed by atoms with Crippen LogP contribution in [0.15, 0.2) is 53.1 Å². The Kier molecular flexibility index (Phi) is 7.96. The van der Waals surface area contributed by atoms with Crippen molar-refractivity contribution in [1.82, 2.24) is 5.32 Å². The molecule has 32 heavy (non-hydrogen) atoms. The van der Waals surface area contributed by atoms with Crippen LogP contribution >= 0.6 is 11.8 Å². The van der Waals surface area contributed by atoms with Crippen LogP contribution in [0.2, 0.25) is 0 Å². The van der Waals surface area contributed by atoms with Crippen molar-refractivity contribution in [3.8, 4) is 11.8 Å². The zero-order valence-electron chi connectivity index (χ0n) is 18.5. The molecule has 0 fully saturated rings. The van der Waals surface area contributed by atoms with Crippen LogP contribution in [0.4, 0.5) is 5.69 Å². The number of ether oxygens (including phenoxy) is 1. The van der Waals surface area contributed by atoms with Gasteiger partial charge in [0.2, 0.25) is 11.8 Å². The number of hydrogen-bond acceptors (Lipinski definition) is 5. The first-order chi connectivity index (χ1) is 15.5. The van der Waals surface area contributed by atoms with Crippen LogP contribution < -0.4 is 15.4 Å². The molecule has 2 N–H and O–H groups in total. The Bertz CT molecular complexity index is 1070. The summed E-state index contributed by atoms with van der Waals surface area (Å²) in [5.41, 5.74) is 4.24. The summed E-state index contributed by atoms with van der Waals surface area (Å²) in [5.74, 6) is 0.138. The van der Waals surface area contributed by atoms with E-state index in [9.17, 15) is 14.9 Å². The van der Waals surface area contributed by atoms with E-state index < -0.39 is 0 Å². The van der Waals surface area contributed by atoms with Crippen molar-refractivity contribution in [2.75, 3.05) is 17.7 Å². The summed E-state index contributed by atoms with van der Waals surface area (Å²) >= 11 is 1.18. The fourth-order valence-corrected chi connectivity index (χ4v) is 4.57. The monoisotopic (exact) mass is 449 g/mol. The molecule has 166 valence electrons. The molecule has 0 aromatic heterocycles. The molecule has 2 aromatic rings. The van der Waals surface area contributed by atoms with E-state index in [-0.39, 0.29) is 29.9 Å². The lowest BCUT2D eigenvalue weighted by Crippen LogP contribution is -2.31. The Balaban J connectivity index is 1.76. The predicted octanol–water partition coefficient (Wildman–Crippen LogP) is 4.67. The van der Waals surface area contributed by atoms with Crippen LogP contribution in [0, 0.1) is 18.3 Å². The van der Waals surface area contributed by atoms with Gasteiger partial charge in [-0.3, -0.25) is 9.59 Å². The highest BCUT2D eigenvalue weighted by Gasteiger charge is 2.30. The number of nitrogens with one attached hydrogen (secondary N) is 2. The maximum Gasteiger partial charge on any atom is 0.234 e. The first-order valence-electron chi connectivity index (χ1n) is 10.6. The first-order valence-corrected chi connectivity index (χ1v) is 11.6. The minimum Gasteiger partial charge on any atom is -0.494 e. The van der Waals surface area contributed by atoms with E-state index in [0.717, 1.165) is 34.5 Å². The van der Waals surface area contributed by atoms with Crippen LogP contribution in [-0.4, -0.2) is 24.2 Å². The maximum absolute atomic E-state index is 12.6. The van der Waals surface area contributed by atoms with Gasteiger partial charge >= 0.3 is 0 Å². The summed E-state index contributed by atoms with van der Waals surface area (Å²) in [6, 6.07) is 15.6. The molecular formula is C25H27N3O3S. The molecule has 0 aliphatic carbocycles. The van der Waals surface area contributed by atoms with Gasteiger partial charge in [0.25, 0.3) is 0 Å². The summed E-state index contributed by atoms with van der Waals surface area (Å²) in [7, 11) is 0. The van der Waals surface area contributed by atoms with E-state index in [1.807, 2.05) is 63.2 Å². The Morgan fingerprint density at radius 2 is 2.00 bits per heavy atom. The van der Waals surface area contributed by atoms with E-state index in [1.54, 1.807) is 0 Å². The highest BCUT2D eigenvalue weighted by Crippen LogP contribution is 2.36. The molecule has 1 heterocycles. The lowest BCUT2D eigenvalue weighted by molar-refractivity contribution is -0.121. The Hall–Kier alpha value is -3.24. The SMILES string of the molecule is CCOc1ccc([C@H]2CC(=O)NC(SCC(=O)Nc3c(C)cccc3CC)=C2C#N)cc1. The number of carbonyl (C=O) groups is 2. The molecule has 0 unspecified atom stereocenters. The molecule has 1 aliphatic heterocycles. The standard InChI is InChI=1S/C25H27N3O3S/c1-4-17-8-6-7-16(3)24(17)27-23(30)15-32-25-21(14-26)20(13-22(29)28-25)18-9-11-19(12-10-18)31-5-2/h6-12,20H,4-5,13,15H2,1-3H3,(H,27,30)(H,28,29)/t20-/m1/s1. The molecule has 0 radical (unpaired) electrons. The van der Waals surface area contributed by atoms with E-state index in [0.29, 0.717) is 17.2 Å². The molecule has 2 aromatic carbocycles. The summed E-state index contributed by atoms with van der Waals surface area (Å²) in [4.78, 5) is 25.0. The number of hydrogen-bond donors (Lipinski definition) is 2. The van der Waals surface area contributed by atoms with Crippen LogP contribution in [0.3, 0.4) is 0 Å². The number of rotatable bonds is 8. The molecule has 0 spiro atoms. The van der Waals surface area contributed by atoms with E-state index in [4.69, 9.17) is 4.74 Å². The molecule has 2 amide bonds. The number of nitrogens with zero attached hydrogens (tertiary/aromatic N) is 1. The van der Waals surface area contributed by atoms with Gasteiger partial charge in [-0.05, 0) is 49.1 Å².